The van der Waals surface area contributed by atoms with Gasteiger partial charge in [-0.3, -0.25) is 9.48 Å². The second kappa shape index (κ2) is 9.45. The Morgan fingerprint density at radius 3 is 2.45 bits per heavy atom. The highest BCUT2D eigenvalue weighted by Crippen LogP contribution is 2.22. The Hall–Kier alpha value is -4.33. The molecule has 8 heteroatoms. The maximum Gasteiger partial charge on any atom is 0.374 e. The minimum absolute atomic E-state index is 0.0253. The molecule has 0 bridgehead atoms. The minimum Gasteiger partial charge on any atom is -0.457 e. The summed E-state index contributed by atoms with van der Waals surface area (Å²) in [6, 6.07) is 21.2. The van der Waals surface area contributed by atoms with Gasteiger partial charge >= 0.3 is 5.97 Å². The minimum atomic E-state index is -0.714. The first-order chi connectivity index (χ1) is 15.2. The number of ether oxygens (including phenoxy) is 2. The van der Waals surface area contributed by atoms with Crippen molar-refractivity contribution in [3.05, 3.63) is 96.7 Å². The van der Waals surface area contributed by atoms with Gasteiger partial charge in [-0.05, 0) is 54.6 Å². The molecular formula is C23H19N3O5. The molecule has 8 nitrogen and oxygen atoms in total. The van der Waals surface area contributed by atoms with Crippen LogP contribution in [-0.4, -0.2) is 28.3 Å². The van der Waals surface area contributed by atoms with Crippen LogP contribution in [0.15, 0.2) is 89.6 Å². The number of hydrogen-bond donors (Lipinski definition) is 1. The van der Waals surface area contributed by atoms with Crippen molar-refractivity contribution in [2.45, 2.75) is 6.54 Å². The Balaban J connectivity index is 1.24. The molecule has 0 saturated heterocycles. The fraction of sp³-hybridized carbons (Fsp3) is 0.0870. The Kier molecular flexibility index (Phi) is 6.08. The third-order valence-electron chi connectivity index (χ3n) is 4.19. The topological polar surface area (TPSA) is 95.6 Å². The highest BCUT2D eigenvalue weighted by atomic mass is 16.5. The van der Waals surface area contributed by atoms with Crippen molar-refractivity contribution in [1.82, 2.24) is 9.78 Å². The van der Waals surface area contributed by atoms with Crippen LogP contribution in [0.2, 0.25) is 0 Å². The van der Waals surface area contributed by atoms with Crippen molar-refractivity contribution in [2.24, 2.45) is 0 Å². The van der Waals surface area contributed by atoms with Crippen LogP contribution >= 0.6 is 0 Å². The fourth-order valence-electron chi connectivity index (χ4n) is 2.76. The van der Waals surface area contributed by atoms with Crippen molar-refractivity contribution >= 4 is 17.6 Å². The van der Waals surface area contributed by atoms with Crippen LogP contribution in [0.4, 0.5) is 5.69 Å². The van der Waals surface area contributed by atoms with Gasteiger partial charge < -0.3 is 19.2 Å². The monoisotopic (exact) mass is 417 g/mol. The molecule has 0 saturated carbocycles. The summed E-state index contributed by atoms with van der Waals surface area (Å²) in [4.78, 5) is 24.2. The Morgan fingerprint density at radius 1 is 0.935 bits per heavy atom. The molecule has 2 aromatic carbocycles. The van der Waals surface area contributed by atoms with Crippen molar-refractivity contribution < 1.29 is 23.5 Å². The fourth-order valence-corrected chi connectivity index (χ4v) is 2.76. The van der Waals surface area contributed by atoms with Gasteiger partial charge in [-0.25, -0.2) is 4.79 Å². The van der Waals surface area contributed by atoms with E-state index in [1.54, 1.807) is 53.5 Å². The van der Waals surface area contributed by atoms with Gasteiger partial charge in [-0.1, -0.05) is 18.2 Å². The van der Waals surface area contributed by atoms with Gasteiger partial charge in [0.25, 0.3) is 5.91 Å². The summed E-state index contributed by atoms with van der Waals surface area (Å²) in [5.74, 6) is 0.758. The Morgan fingerprint density at radius 2 is 1.71 bits per heavy atom. The first-order valence-corrected chi connectivity index (χ1v) is 9.52. The van der Waals surface area contributed by atoms with Crippen LogP contribution in [0, 0.1) is 0 Å². The van der Waals surface area contributed by atoms with Crippen molar-refractivity contribution in [1.29, 1.82) is 0 Å². The number of nitrogens with one attached hydrogen (secondary N) is 1. The number of benzene rings is 2. The number of hydrogen-bond acceptors (Lipinski definition) is 6. The number of amides is 1. The first kappa shape index (κ1) is 20.0. The van der Waals surface area contributed by atoms with Crippen LogP contribution in [0.3, 0.4) is 0 Å². The zero-order valence-corrected chi connectivity index (χ0v) is 16.4. The summed E-state index contributed by atoms with van der Waals surface area (Å²) in [6.45, 7) is -0.0406. The molecule has 156 valence electrons. The predicted molar refractivity (Wildman–Crippen MR) is 112 cm³/mol. The molecule has 2 aromatic heterocycles. The summed E-state index contributed by atoms with van der Waals surface area (Å²) in [7, 11) is 0. The van der Waals surface area contributed by atoms with E-state index in [1.807, 2.05) is 30.3 Å². The summed E-state index contributed by atoms with van der Waals surface area (Å²) in [5.41, 5.74) is 0.556. The first-order valence-electron chi connectivity index (χ1n) is 9.52. The standard InChI is InChI=1S/C23H19N3O5/c27-22(25-17-7-9-19(10-8-17)30-18-5-2-1-3-6-18)16-29-23(28)21-12-11-20(31-21)15-26-14-4-13-24-26/h1-14H,15-16H2,(H,25,27). The van der Waals surface area contributed by atoms with Crippen molar-refractivity contribution in [3.63, 3.8) is 0 Å². The van der Waals surface area contributed by atoms with Crippen molar-refractivity contribution in [3.8, 4) is 11.5 Å². The lowest BCUT2D eigenvalue weighted by Gasteiger charge is -2.08. The number of furan rings is 1. The normalized spacial score (nSPS) is 10.5. The van der Waals surface area contributed by atoms with Crippen LogP contribution in [-0.2, 0) is 16.1 Å². The van der Waals surface area contributed by atoms with E-state index in [9.17, 15) is 9.59 Å². The zero-order valence-electron chi connectivity index (χ0n) is 16.4. The predicted octanol–water partition coefficient (Wildman–Crippen LogP) is 4.11. The smallest absolute Gasteiger partial charge is 0.374 e. The number of aromatic nitrogens is 2. The van der Waals surface area contributed by atoms with Crippen LogP contribution < -0.4 is 10.1 Å². The SMILES string of the molecule is O=C(COC(=O)c1ccc(Cn2cccn2)o1)Nc1ccc(Oc2ccccc2)cc1. The lowest BCUT2D eigenvalue weighted by molar-refractivity contribution is -0.119. The second-order valence-electron chi connectivity index (χ2n) is 6.53. The van der Waals surface area contributed by atoms with E-state index >= 15 is 0 Å². The molecule has 1 amide bonds. The largest absolute Gasteiger partial charge is 0.457 e. The van der Waals surface area contributed by atoms with Gasteiger partial charge in [-0.15, -0.1) is 0 Å². The molecule has 1 N–H and O–H groups in total. The maximum atomic E-state index is 12.1. The second-order valence-corrected chi connectivity index (χ2v) is 6.53. The molecule has 4 rings (SSSR count). The molecule has 0 radical (unpaired) electrons. The molecule has 0 fully saturated rings. The molecule has 0 atom stereocenters. The van der Waals surface area contributed by atoms with Gasteiger partial charge in [0.1, 0.15) is 17.3 Å². The van der Waals surface area contributed by atoms with Crippen LogP contribution in [0.5, 0.6) is 11.5 Å². The number of rotatable bonds is 8. The Bertz CT molecular complexity index is 1140. The highest BCUT2D eigenvalue weighted by Gasteiger charge is 2.15. The average Bonchev–Trinajstić information content (AvgIpc) is 3.47. The number of carbonyl (C=O) groups excluding carboxylic acids is 2. The Labute approximate surface area is 178 Å². The quantitative estimate of drug-likeness (QED) is 0.434. The van der Waals surface area contributed by atoms with E-state index in [-0.39, 0.29) is 5.76 Å². The van der Waals surface area contributed by atoms with Crippen LogP contribution in [0.1, 0.15) is 16.3 Å². The van der Waals surface area contributed by atoms with Gasteiger partial charge in [0.05, 0.1) is 6.54 Å². The van der Waals surface area contributed by atoms with Gasteiger partial charge in [0.15, 0.2) is 6.61 Å². The molecule has 0 aliphatic rings. The maximum absolute atomic E-state index is 12.1. The molecule has 2 heterocycles. The third kappa shape index (κ3) is 5.60. The van der Waals surface area contributed by atoms with Gasteiger partial charge in [0.2, 0.25) is 5.76 Å². The van der Waals surface area contributed by atoms with E-state index in [0.717, 1.165) is 5.75 Å². The van der Waals surface area contributed by atoms with E-state index < -0.39 is 18.5 Å². The molecular weight excluding hydrogens is 398 g/mol. The van der Waals surface area contributed by atoms with Crippen LogP contribution in [0.25, 0.3) is 0 Å². The van der Waals surface area contributed by atoms with E-state index in [0.29, 0.717) is 23.7 Å². The van der Waals surface area contributed by atoms with Gasteiger partial charge in [-0.2, -0.15) is 5.10 Å². The molecule has 0 spiro atoms. The number of nitrogens with zero attached hydrogens (tertiary/aromatic N) is 2. The third-order valence-corrected chi connectivity index (χ3v) is 4.19. The number of esters is 1. The summed E-state index contributed by atoms with van der Waals surface area (Å²) < 4.78 is 17.8. The molecule has 4 aromatic rings. The highest BCUT2D eigenvalue weighted by molar-refractivity contribution is 5.94. The zero-order chi connectivity index (χ0) is 21.5. The lowest BCUT2D eigenvalue weighted by Crippen LogP contribution is -2.20. The number of carbonyl (C=O) groups is 2. The number of para-hydroxylation sites is 1. The average molecular weight is 417 g/mol. The van der Waals surface area contributed by atoms with E-state index in [4.69, 9.17) is 13.9 Å². The lowest BCUT2D eigenvalue weighted by atomic mass is 10.3. The number of anilines is 1. The molecule has 31 heavy (non-hydrogen) atoms. The van der Waals surface area contributed by atoms with E-state index in [1.165, 1.54) is 6.07 Å². The van der Waals surface area contributed by atoms with Gasteiger partial charge in [0, 0.05) is 18.1 Å². The summed E-state index contributed by atoms with van der Waals surface area (Å²) in [6.07, 6.45) is 3.44. The molecule has 0 unspecified atom stereocenters. The van der Waals surface area contributed by atoms with E-state index in [2.05, 4.69) is 10.4 Å². The summed E-state index contributed by atoms with van der Waals surface area (Å²) >= 11 is 0. The molecule has 0 aliphatic carbocycles. The summed E-state index contributed by atoms with van der Waals surface area (Å²) in [5, 5.41) is 6.73. The van der Waals surface area contributed by atoms with Crippen molar-refractivity contribution in [2.75, 3.05) is 11.9 Å². The molecule has 0 aliphatic heterocycles.